The Kier molecular flexibility index (Phi) is 8.93. The van der Waals surface area contributed by atoms with Gasteiger partial charge in [0.15, 0.2) is 11.5 Å². The number of pyridine rings is 2. The summed E-state index contributed by atoms with van der Waals surface area (Å²) >= 11 is 0. The maximum atomic E-state index is 13.4. The normalized spacial score (nSPS) is 18.0. The molecule has 59 heavy (non-hydrogen) atoms. The Morgan fingerprint density at radius 3 is 2.27 bits per heavy atom. The Labute approximate surface area is 340 Å². The van der Waals surface area contributed by atoms with Crippen LogP contribution in [0.5, 0.6) is 0 Å². The molecule has 10 rings (SSSR count). The molecule has 2 saturated heterocycles. The predicted molar refractivity (Wildman–Crippen MR) is 222 cm³/mol. The number of amides is 5. The molecule has 5 amide bonds. The van der Waals surface area contributed by atoms with Crippen LogP contribution in [0.2, 0.25) is 0 Å². The number of rotatable bonds is 9. The van der Waals surface area contributed by atoms with Crippen molar-refractivity contribution < 1.29 is 19.2 Å². The number of nitrogens with one attached hydrogen (secondary N) is 2. The van der Waals surface area contributed by atoms with Gasteiger partial charge in [0.1, 0.15) is 11.3 Å². The largest absolute Gasteiger partial charge is 0.383 e. The van der Waals surface area contributed by atoms with Crippen molar-refractivity contribution in [3.05, 3.63) is 120 Å². The Hall–Kier alpha value is -6.93. The first-order valence-corrected chi connectivity index (χ1v) is 20.2. The molecule has 0 spiro atoms. The minimum Gasteiger partial charge on any atom is -0.383 e. The minimum atomic E-state index is -0.771. The van der Waals surface area contributed by atoms with Crippen molar-refractivity contribution in [1.29, 1.82) is 0 Å². The van der Waals surface area contributed by atoms with E-state index in [0.29, 0.717) is 17.6 Å². The Bertz CT molecular complexity index is 2650. The summed E-state index contributed by atoms with van der Waals surface area (Å²) in [5.74, 6) is 0.0228. The quantitative estimate of drug-likeness (QED) is 0.146. The predicted octanol–water partition coefficient (Wildman–Crippen LogP) is 6.07. The molecule has 14 heteroatoms. The van der Waals surface area contributed by atoms with Crippen molar-refractivity contribution in [2.75, 3.05) is 36.8 Å². The number of nitrogens with zero attached hydrogens (tertiary/aromatic N) is 7. The number of anilines is 2. The summed E-state index contributed by atoms with van der Waals surface area (Å²) in [6.07, 6.45) is 6.94. The number of nitrogens with two attached hydrogens (primary N) is 1. The van der Waals surface area contributed by atoms with Crippen LogP contribution < -0.4 is 21.3 Å². The van der Waals surface area contributed by atoms with Gasteiger partial charge in [-0.25, -0.2) is 24.8 Å². The molecule has 0 bridgehead atoms. The maximum Gasteiger partial charge on any atom is 0.343 e. The summed E-state index contributed by atoms with van der Waals surface area (Å²) in [5.41, 5.74) is 14.0. The van der Waals surface area contributed by atoms with E-state index in [2.05, 4.69) is 61.5 Å². The minimum absolute atomic E-state index is 0.0183. The lowest BCUT2D eigenvalue weighted by Crippen LogP contribution is -2.58. The average Bonchev–Trinajstić information content (AvgIpc) is 3.74. The van der Waals surface area contributed by atoms with Crippen LogP contribution in [-0.2, 0) is 10.3 Å². The Morgan fingerprint density at radius 1 is 0.780 bits per heavy atom. The fraction of sp³-hybridized carbons (Fsp3) is 0.267. The van der Waals surface area contributed by atoms with Crippen LogP contribution in [0.15, 0.2) is 103 Å². The molecule has 1 saturated carbocycles. The lowest BCUT2D eigenvalue weighted by Gasteiger charge is -2.45. The number of nitrogen functional groups attached to an aromatic ring is 1. The van der Waals surface area contributed by atoms with Gasteiger partial charge in [-0.1, -0.05) is 42.5 Å². The van der Waals surface area contributed by atoms with Crippen LogP contribution in [0.25, 0.3) is 39.5 Å². The lowest BCUT2D eigenvalue weighted by atomic mass is 9.71. The van der Waals surface area contributed by atoms with Crippen LogP contribution in [0.4, 0.5) is 16.3 Å². The summed E-state index contributed by atoms with van der Waals surface area (Å²) in [5, 5.41) is 8.05. The molecule has 6 aromatic rings. The van der Waals surface area contributed by atoms with Gasteiger partial charge in [-0.15, -0.1) is 0 Å². The number of aromatic nitrogens is 4. The van der Waals surface area contributed by atoms with Gasteiger partial charge >= 0.3 is 6.03 Å². The van der Waals surface area contributed by atoms with E-state index in [9.17, 15) is 19.2 Å². The van der Waals surface area contributed by atoms with Crippen molar-refractivity contribution in [3.8, 4) is 28.3 Å². The van der Waals surface area contributed by atoms with Crippen molar-refractivity contribution >= 4 is 46.4 Å². The summed E-state index contributed by atoms with van der Waals surface area (Å²) in [6, 6.07) is 31.2. The van der Waals surface area contributed by atoms with Crippen LogP contribution in [-0.4, -0.2) is 79.5 Å². The number of benzene rings is 3. The molecule has 3 aliphatic heterocycles. The van der Waals surface area contributed by atoms with Gasteiger partial charge in [-0.05, 0) is 105 Å². The van der Waals surface area contributed by atoms with Gasteiger partial charge in [-0.3, -0.25) is 24.3 Å². The van der Waals surface area contributed by atoms with Gasteiger partial charge in [0.05, 0.1) is 28.9 Å². The third-order valence-electron chi connectivity index (χ3n) is 12.4. The van der Waals surface area contributed by atoms with Gasteiger partial charge in [-0.2, -0.15) is 5.01 Å². The molecular formula is C45H42N10O4. The van der Waals surface area contributed by atoms with E-state index in [0.717, 1.165) is 101 Å². The third-order valence-corrected chi connectivity index (χ3v) is 12.4. The summed E-state index contributed by atoms with van der Waals surface area (Å²) < 4.78 is 2.08. The number of imide groups is 2. The van der Waals surface area contributed by atoms with Crippen LogP contribution >= 0.6 is 0 Å². The third kappa shape index (κ3) is 6.36. The summed E-state index contributed by atoms with van der Waals surface area (Å²) in [7, 11) is 0. The van der Waals surface area contributed by atoms with E-state index in [1.165, 1.54) is 5.56 Å². The van der Waals surface area contributed by atoms with E-state index >= 15 is 0 Å². The molecule has 4 aliphatic rings. The smallest absolute Gasteiger partial charge is 0.343 e. The number of hydrogen-bond acceptors (Lipinski definition) is 10. The van der Waals surface area contributed by atoms with Crippen molar-refractivity contribution in [3.63, 3.8) is 0 Å². The summed E-state index contributed by atoms with van der Waals surface area (Å²) in [4.78, 5) is 67.4. The second-order valence-corrected chi connectivity index (χ2v) is 15.8. The highest BCUT2D eigenvalue weighted by molar-refractivity contribution is 6.22. The van der Waals surface area contributed by atoms with Crippen molar-refractivity contribution in [2.45, 2.75) is 44.1 Å². The first-order valence-electron chi connectivity index (χ1n) is 20.2. The highest BCUT2D eigenvalue weighted by Crippen LogP contribution is 2.42. The number of carbonyl (C=O) groups is 4. The molecule has 3 aromatic carbocycles. The first kappa shape index (κ1) is 36.4. The zero-order valence-corrected chi connectivity index (χ0v) is 32.3. The Morgan fingerprint density at radius 2 is 1.54 bits per heavy atom. The topological polar surface area (TPSA) is 172 Å². The van der Waals surface area contributed by atoms with Gasteiger partial charge in [0, 0.05) is 48.2 Å². The number of imidazole rings is 1. The van der Waals surface area contributed by atoms with Crippen molar-refractivity contribution in [1.82, 2.24) is 40.2 Å². The second-order valence-electron chi connectivity index (χ2n) is 15.8. The summed E-state index contributed by atoms with van der Waals surface area (Å²) in [6.45, 7) is 2.50. The second kappa shape index (κ2) is 14.5. The Balaban J connectivity index is 0.835. The SMILES string of the molecule is Nc1ncccc1-c1nc2ccc(-c3ccccc3)nc2n1-c1ccc(C2(NCC3CCN(c4ccc5c(c4)C(=O)N(N4CCC(=O)NC4=O)C5=O)CC3)CCC2)cc1. The highest BCUT2D eigenvalue weighted by Gasteiger charge is 2.44. The van der Waals surface area contributed by atoms with E-state index < -0.39 is 23.8 Å². The van der Waals surface area contributed by atoms with E-state index in [1.807, 2.05) is 48.5 Å². The molecule has 4 N–H and O–H groups in total. The standard InChI is InChI=1S/C45H42N10O4/c46-39-34(8-4-22-47-39)40-50-37-16-15-36(29-6-2-1-3-7-29)49-41(37)54(40)31-11-9-30(10-12-31)45(20-5-21-45)48-27-28-17-23-52(24-18-28)32-13-14-33-35(26-32)43(58)55(42(33)57)53-25-19-38(56)51-44(53)59/h1-4,6-16,22,26,28,48H,5,17-21,23-25,27H2,(H2,46,47)(H,51,56,59). The zero-order chi connectivity index (χ0) is 40.3. The molecule has 3 aromatic heterocycles. The van der Waals surface area contributed by atoms with Crippen LogP contribution in [0, 0.1) is 5.92 Å². The number of fused-ring (bicyclic) bond motifs is 2. The number of hydrazine groups is 1. The lowest BCUT2D eigenvalue weighted by molar-refractivity contribution is -0.122. The molecule has 3 fully saturated rings. The van der Waals surface area contributed by atoms with Crippen molar-refractivity contribution in [2.24, 2.45) is 5.92 Å². The molecule has 14 nitrogen and oxygen atoms in total. The molecule has 0 radical (unpaired) electrons. The number of urea groups is 1. The monoisotopic (exact) mass is 786 g/mol. The van der Waals surface area contributed by atoms with Crippen LogP contribution in [0.3, 0.4) is 0 Å². The van der Waals surface area contributed by atoms with E-state index in [4.69, 9.17) is 15.7 Å². The first-order chi connectivity index (χ1) is 28.8. The fourth-order valence-electron chi connectivity index (χ4n) is 8.90. The highest BCUT2D eigenvalue weighted by atomic mass is 16.2. The van der Waals surface area contributed by atoms with Crippen LogP contribution in [0.1, 0.15) is 64.8 Å². The molecule has 1 aliphatic carbocycles. The number of carbonyl (C=O) groups excluding carboxylic acids is 4. The van der Waals surface area contributed by atoms with Gasteiger partial charge < -0.3 is 16.0 Å². The van der Waals surface area contributed by atoms with Gasteiger partial charge in [0.2, 0.25) is 5.91 Å². The molecular weight excluding hydrogens is 745 g/mol. The fourth-order valence-corrected chi connectivity index (χ4v) is 8.90. The zero-order valence-electron chi connectivity index (χ0n) is 32.3. The average molecular weight is 787 g/mol. The molecule has 0 atom stereocenters. The van der Waals surface area contributed by atoms with Gasteiger partial charge in [0.25, 0.3) is 11.8 Å². The molecule has 0 unspecified atom stereocenters. The number of piperidine rings is 1. The molecule has 6 heterocycles. The number of hydrogen-bond donors (Lipinski definition) is 3. The van der Waals surface area contributed by atoms with E-state index in [-0.39, 0.29) is 29.6 Å². The maximum absolute atomic E-state index is 13.4. The van der Waals surface area contributed by atoms with E-state index in [1.54, 1.807) is 18.3 Å². The molecule has 296 valence electrons.